The molecule has 1 aliphatic rings. The van der Waals surface area contributed by atoms with Crippen molar-refractivity contribution in [2.24, 2.45) is 0 Å². The van der Waals surface area contributed by atoms with Crippen molar-refractivity contribution in [1.82, 2.24) is 5.32 Å². The van der Waals surface area contributed by atoms with Crippen molar-refractivity contribution in [3.05, 3.63) is 60.2 Å². The second-order valence-corrected chi connectivity index (χ2v) is 6.13. The number of hydrogen-bond donors (Lipinski definition) is 1. The Labute approximate surface area is 142 Å². The lowest BCUT2D eigenvalue weighted by molar-refractivity contribution is -0.257. The summed E-state index contributed by atoms with van der Waals surface area (Å²) in [7, 11) is 0. The Morgan fingerprint density at radius 2 is 1.62 bits per heavy atom. The van der Waals surface area contributed by atoms with Crippen molar-refractivity contribution < 1.29 is 14.3 Å². The van der Waals surface area contributed by atoms with Crippen LogP contribution in [0, 0.1) is 0 Å². The fourth-order valence-corrected chi connectivity index (χ4v) is 2.77. The molecule has 0 unspecified atom stereocenters. The maximum absolute atomic E-state index is 12.2. The molecule has 2 aromatic rings. The molecule has 126 valence electrons. The SMILES string of the molecule is CC1(CCNC(=O)c2ccc(-c3ccccc3)cc2)OCCCO1. The van der Waals surface area contributed by atoms with Gasteiger partial charge in [-0.25, -0.2) is 0 Å². The summed E-state index contributed by atoms with van der Waals surface area (Å²) in [6, 6.07) is 17.8. The summed E-state index contributed by atoms with van der Waals surface area (Å²) in [5, 5.41) is 2.93. The molecular formula is C20H23NO3. The lowest BCUT2D eigenvalue weighted by Crippen LogP contribution is -2.40. The molecule has 0 radical (unpaired) electrons. The maximum atomic E-state index is 12.2. The molecule has 1 heterocycles. The van der Waals surface area contributed by atoms with Gasteiger partial charge in [0, 0.05) is 18.5 Å². The summed E-state index contributed by atoms with van der Waals surface area (Å²) >= 11 is 0. The van der Waals surface area contributed by atoms with Crippen LogP contribution in [0.2, 0.25) is 0 Å². The second-order valence-electron chi connectivity index (χ2n) is 6.13. The Balaban J connectivity index is 1.53. The van der Waals surface area contributed by atoms with Crippen LogP contribution in [0.4, 0.5) is 0 Å². The number of hydrogen-bond acceptors (Lipinski definition) is 3. The lowest BCUT2D eigenvalue weighted by atomic mass is 10.0. The number of amides is 1. The Morgan fingerprint density at radius 3 is 2.29 bits per heavy atom. The summed E-state index contributed by atoms with van der Waals surface area (Å²) in [5.74, 6) is -0.656. The summed E-state index contributed by atoms with van der Waals surface area (Å²) in [4.78, 5) is 12.2. The van der Waals surface area contributed by atoms with Crippen molar-refractivity contribution in [2.75, 3.05) is 19.8 Å². The van der Waals surface area contributed by atoms with Gasteiger partial charge in [0.2, 0.25) is 0 Å². The van der Waals surface area contributed by atoms with Gasteiger partial charge in [-0.3, -0.25) is 4.79 Å². The molecule has 0 atom stereocenters. The number of rotatable bonds is 5. The number of carbonyl (C=O) groups excluding carboxylic acids is 1. The first kappa shape index (κ1) is 16.7. The highest BCUT2D eigenvalue weighted by atomic mass is 16.7. The van der Waals surface area contributed by atoms with Crippen LogP contribution in [0.5, 0.6) is 0 Å². The summed E-state index contributed by atoms with van der Waals surface area (Å²) in [5.41, 5.74) is 2.90. The minimum Gasteiger partial charge on any atom is -0.352 e. The first-order valence-corrected chi connectivity index (χ1v) is 8.38. The zero-order valence-corrected chi connectivity index (χ0v) is 14.0. The van der Waals surface area contributed by atoms with Crippen LogP contribution in [0.15, 0.2) is 54.6 Å². The fraction of sp³-hybridized carbons (Fsp3) is 0.350. The van der Waals surface area contributed by atoms with Crippen LogP contribution in [0.3, 0.4) is 0 Å². The summed E-state index contributed by atoms with van der Waals surface area (Å²) < 4.78 is 11.3. The highest BCUT2D eigenvalue weighted by Crippen LogP contribution is 2.22. The maximum Gasteiger partial charge on any atom is 0.251 e. The predicted molar refractivity (Wildman–Crippen MR) is 93.8 cm³/mol. The molecule has 1 saturated heterocycles. The minimum atomic E-state index is -0.581. The van der Waals surface area contributed by atoms with Gasteiger partial charge < -0.3 is 14.8 Å². The molecule has 0 aromatic heterocycles. The largest absolute Gasteiger partial charge is 0.352 e. The van der Waals surface area contributed by atoms with Gasteiger partial charge in [0.25, 0.3) is 5.91 Å². The molecule has 1 fully saturated rings. The standard InChI is InChI=1S/C20H23NO3/c1-20(23-14-5-15-24-20)12-13-21-19(22)18-10-8-17(9-11-18)16-6-3-2-4-7-16/h2-4,6-11H,5,12-15H2,1H3,(H,21,22). The number of carbonyl (C=O) groups is 1. The van der Waals surface area contributed by atoms with Gasteiger partial charge in [0.05, 0.1) is 13.2 Å². The molecule has 2 aromatic carbocycles. The third kappa shape index (κ3) is 4.22. The van der Waals surface area contributed by atoms with Crippen molar-refractivity contribution >= 4 is 5.91 Å². The van der Waals surface area contributed by atoms with Gasteiger partial charge in [0.1, 0.15) is 0 Å². The summed E-state index contributed by atoms with van der Waals surface area (Å²) in [6.45, 7) is 3.87. The van der Waals surface area contributed by atoms with E-state index in [1.54, 1.807) is 0 Å². The average Bonchev–Trinajstić information content (AvgIpc) is 2.63. The van der Waals surface area contributed by atoms with E-state index in [0.717, 1.165) is 17.5 Å². The van der Waals surface area contributed by atoms with Gasteiger partial charge >= 0.3 is 0 Å². The number of nitrogens with one attached hydrogen (secondary N) is 1. The van der Waals surface area contributed by atoms with Crippen molar-refractivity contribution in [2.45, 2.75) is 25.6 Å². The van der Waals surface area contributed by atoms with Gasteiger partial charge in [0.15, 0.2) is 5.79 Å². The van der Waals surface area contributed by atoms with E-state index in [1.807, 2.05) is 49.4 Å². The third-order valence-corrected chi connectivity index (χ3v) is 4.22. The zero-order valence-electron chi connectivity index (χ0n) is 14.0. The van der Waals surface area contributed by atoms with E-state index in [4.69, 9.17) is 9.47 Å². The van der Waals surface area contributed by atoms with Crippen LogP contribution < -0.4 is 5.32 Å². The van der Waals surface area contributed by atoms with E-state index in [-0.39, 0.29) is 5.91 Å². The van der Waals surface area contributed by atoms with Crippen LogP contribution in [-0.4, -0.2) is 31.5 Å². The molecule has 24 heavy (non-hydrogen) atoms. The Kier molecular flexibility index (Phi) is 5.28. The van der Waals surface area contributed by atoms with Crippen LogP contribution in [0.25, 0.3) is 11.1 Å². The molecule has 4 nitrogen and oxygen atoms in total. The van der Waals surface area contributed by atoms with Gasteiger partial charge in [-0.15, -0.1) is 0 Å². The highest BCUT2D eigenvalue weighted by Gasteiger charge is 2.28. The molecule has 3 rings (SSSR count). The van der Waals surface area contributed by atoms with Gasteiger partial charge in [-0.2, -0.15) is 0 Å². The van der Waals surface area contributed by atoms with E-state index in [2.05, 4.69) is 17.4 Å². The van der Waals surface area contributed by atoms with Crippen LogP contribution >= 0.6 is 0 Å². The van der Waals surface area contributed by atoms with E-state index in [0.29, 0.717) is 31.7 Å². The first-order valence-electron chi connectivity index (χ1n) is 8.38. The van der Waals surface area contributed by atoms with Crippen molar-refractivity contribution in [3.8, 4) is 11.1 Å². The second kappa shape index (κ2) is 7.60. The number of benzene rings is 2. The van der Waals surface area contributed by atoms with E-state index in [1.165, 1.54) is 0 Å². The molecule has 0 spiro atoms. The molecule has 0 aliphatic carbocycles. The van der Waals surface area contributed by atoms with E-state index < -0.39 is 5.79 Å². The Morgan fingerprint density at radius 1 is 1.00 bits per heavy atom. The molecule has 4 heteroatoms. The molecule has 1 N–H and O–H groups in total. The smallest absolute Gasteiger partial charge is 0.251 e. The molecule has 1 aliphatic heterocycles. The fourth-order valence-electron chi connectivity index (χ4n) is 2.77. The molecular weight excluding hydrogens is 302 g/mol. The predicted octanol–water partition coefficient (Wildman–Crippen LogP) is 3.63. The minimum absolute atomic E-state index is 0.0750. The van der Waals surface area contributed by atoms with Crippen molar-refractivity contribution in [1.29, 1.82) is 0 Å². The molecule has 1 amide bonds. The van der Waals surface area contributed by atoms with E-state index >= 15 is 0 Å². The van der Waals surface area contributed by atoms with Gasteiger partial charge in [-0.1, -0.05) is 42.5 Å². The quantitative estimate of drug-likeness (QED) is 0.913. The van der Waals surface area contributed by atoms with E-state index in [9.17, 15) is 4.79 Å². The van der Waals surface area contributed by atoms with Crippen LogP contribution in [0.1, 0.15) is 30.1 Å². The third-order valence-electron chi connectivity index (χ3n) is 4.22. The molecule has 0 bridgehead atoms. The average molecular weight is 325 g/mol. The first-order chi connectivity index (χ1) is 11.7. The normalized spacial score (nSPS) is 16.5. The Hall–Kier alpha value is -2.17. The lowest BCUT2D eigenvalue weighted by Gasteiger charge is -2.33. The van der Waals surface area contributed by atoms with Gasteiger partial charge in [-0.05, 0) is 36.6 Å². The number of ether oxygens (including phenoxy) is 2. The van der Waals surface area contributed by atoms with Crippen molar-refractivity contribution in [3.63, 3.8) is 0 Å². The summed E-state index contributed by atoms with van der Waals surface area (Å²) in [6.07, 6.45) is 1.57. The highest BCUT2D eigenvalue weighted by molar-refractivity contribution is 5.94. The zero-order chi connectivity index (χ0) is 16.8. The Bertz CT molecular complexity index is 661. The van der Waals surface area contributed by atoms with Crippen LogP contribution in [-0.2, 0) is 9.47 Å². The molecule has 0 saturated carbocycles. The topological polar surface area (TPSA) is 47.6 Å². The monoisotopic (exact) mass is 325 g/mol.